The average Bonchev–Trinajstić information content (AvgIpc) is 3.07. The zero-order valence-electron chi connectivity index (χ0n) is 15.1. The summed E-state index contributed by atoms with van der Waals surface area (Å²) in [6, 6.07) is 8.82. The minimum Gasteiger partial charge on any atom is -0.481 e. The number of rotatable bonds is 4. The van der Waals surface area contributed by atoms with Gasteiger partial charge in [-0.05, 0) is 45.0 Å². The largest absolute Gasteiger partial charge is 0.481 e. The second-order valence-corrected chi connectivity index (χ2v) is 6.70. The Kier molecular flexibility index (Phi) is 4.66. The molecule has 3 aromatic rings. The van der Waals surface area contributed by atoms with Gasteiger partial charge >= 0.3 is 0 Å². The molecule has 0 aliphatic carbocycles. The highest BCUT2D eigenvalue weighted by molar-refractivity contribution is 5.94. The van der Waals surface area contributed by atoms with E-state index in [0.717, 1.165) is 0 Å². The lowest BCUT2D eigenvalue weighted by atomic mass is 10.1. The van der Waals surface area contributed by atoms with E-state index >= 15 is 0 Å². The van der Waals surface area contributed by atoms with Gasteiger partial charge in [0.25, 0.3) is 5.91 Å². The number of methoxy groups -OCH3 is 1. The van der Waals surface area contributed by atoms with Crippen molar-refractivity contribution >= 4 is 5.91 Å². The summed E-state index contributed by atoms with van der Waals surface area (Å²) in [6.07, 6.45) is 3.21. The summed E-state index contributed by atoms with van der Waals surface area (Å²) in [5.41, 5.74) is 1.85. The molecule has 0 aromatic carbocycles. The number of pyridine rings is 1. The fourth-order valence-electron chi connectivity index (χ4n) is 2.33. The van der Waals surface area contributed by atoms with E-state index in [1.165, 1.54) is 0 Å². The molecule has 26 heavy (non-hydrogen) atoms. The second kappa shape index (κ2) is 6.91. The number of ether oxygens (including phenoxy) is 1. The summed E-state index contributed by atoms with van der Waals surface area (Å²) in [5, 5.41) is 15.4. The molecular weight excluding hydrogens is 332 g/mol. The number of carbonyl (C=O) groups excluding carboxylic acids is 1. The number of hydrogen-bond donors (Lipinski definition) is 1. The van der Waals surface area contributed by atoms with Crippen LogP contribution < -0.4 is 10.1 Å². The van der Waals surface area contributed by atoms with E-state index in [2.05, 4.69) is 25.6 Å². The van der Waals surface area contributed by atoms with Gasteiger partial charge in [-0.1, -0.05) is 0 Å². The van der Waals surface area contributed by atoms with Gasteiger partial charge in [-0.3, -0.25) is 4.79 Å². The molecule has 3 rings (SSSR count). The van der Waals surface area contributed by atoms with Crippen LogP contribution >= 0.6 is 0 Å². The van der Waals surface area contributed by atoms with Crippen LogP contribution in [0.4, 0.5) is 0 Å². The lowest BCUT2D eigenvalue weighted by Crippen LogP contribution is -2.40. The quantitative estimate of drug-likeness (QED) is 0.774. The zero-order valence-corrected chi connectivity index (χ0v) is 15.1. The summed E-state index contributed by atoms with van der Waals surface area (Å²) in [4.78, 5) is 16.7. The molecule has 0 radical (unpaired) electrons. The molecule has 0 aliphatic heterocycles. The van der Waals surface area contributed by atoms with E-state index in [0.29, 0.717) is 23.0 Å². The van der Waals surface area contributed by atoms with Crippen LogP contribution in [0.3, 0.4) is 0 Å². The number of amides is 1. The van der Waals surface area contributed by atoms with Crippen LogP contribution in [0.15, 0.2) is 42.7 Å². The number of carbonyl (C=O) groups is 1. The van der Waals surface area contributed by atoms with Gasteiger partial charge in [0.1, 0.15) is 5.69 Å². The van der Waals surface area contributed by atoms with Gasteiger partial charge in [-0.2, -0.15) is 10.2 Å². The van der Waals surface area contributed by atoms with Crippen molar-refractivity contribution in [1.82, 2.24) is 30.3 Å². The molecule has 0 aliphatic rings. The molecule has 0 bridgehead atoms. The summed E-state index contributed by atoms with van der Waals surface area (Å²) < 4.78 is 6.71. The molecule has 1 amide bonds. The van der Waals surface area contributed by atoms with Crippen molar-refractivity contribution in [1.29, 1.82) is 0 Å². The maximum Gasteiger partial charge on any atom is 0.272 e. The Morgan fingerprint density at radius 3 is 2.62 bits per heavy atom. The predicted molar refractivity (Wildman–Crippen MR) is 96.2 cm³/mol. The Labute approximate surface area is 151 Å². The van der Waals surface area contributed by atoms with Crippen LogP contribution in [0.2, 0.25) is 0 Å². The Hall–Kier alpha value is -3.29. The van der Waals surface area contributed by atoms with E-state index in [-0.39, 0.29) is 17.1 Å². The Bertz CT molecular complexity index is 898. The molecule has 3 aromatic heterocycles. The van der Waals surface area contributed by atoms with Crippen LogP contribution in [-0.4, -0.2) is 43.5 Å². The highest BCUT2D eigenvalue weighted by atomic mass is 16.5. The first-order valence-electron chi connectivity index (χ1n) is 8.08. The van der Waals surface area contributed by atoms with E-state index < -0.39 is 0 Å². The molecule has 8 heteroatoms. The minimum absolute atomic E-state index is 0.261. The van der Waals surface area contributed by atoms with E-state index in [9.17, 15) is 4.79 Å². The topological polar surface area (TPSA) is 94.8 Å². The number of nitrogens with zero attached hydrogens (tertiary/aromatic N) is 5. The first-order chi connectivity index (χ1) is 12.4. The maximum atomic E-state index is 12.5. The van der Waals surface area contributed by atoms with Crippen molar-refractivity contribution in [3.63, 3.8) is 0 Å². The highest BCUT2D eigenvalue weighted by Crippen LogP contribution is 2.22. The summed E-state index contributed by atoms with van der Waals surface area (Å²) in [6.45, 7) is 5.75. The van der Waals surface area contributed by atoms with Gasteiger partial charge in [0.15, 0.2) is 5.69 Å². The third-order valence-electron chi connectivity index (χ3n) is 3.44. The van der Waals surface area contributed by atoms with Crippen LogP contribution in [0.5, 0.6) is 5.88 Å². The third kappa shape index (κ3) is 3.85. The van der Waals surface area contributed by atoms with Crippen LogP contribution in [-0.2, 0) is 0 Å². The number of nitrogens with one attached hydrogen (secondary N) is 1. The predicted octanol–water partition coefficient (Wildman–Crippen LogP) is 2.26. The number of hydrogen-bond acceptors (Lipinski definition) is 6. The molecule has 0 atom stereocenters. The van der Waals surface area contributed by atoms with Crippen molar-refractivity contribution < 1.29 is 9.53 Å². The summed E-state index contributed by atoms with van der Waals surface area (Å²) in [7, 11) is 1.55. The molecule has 1 N–H and O–H groups in total. The van der Waals surface area contributed by atoms with Crippen molar-refractivity contribution in [3.05, 3.63) is 48.4 Å². The maximum absolute atomic E-state index is 12.5. The van der Waals surface area contributed by atoms with Crippen molar-refractivity contribution in [2.45, 2.75) is 26.3 Å². The molecule has 3 heterocycles. The smallest absolute Gasteiger partial charge is 0.272 e. The van der Waals surface area contributed by atoms with Crippen molar-refractivity contribution in [2.24, 2.45) is 0 Å². The lowest BCUT2D eigenvalue weighted by Gasteiger charge is -2.19. The van der Waals surface area contributed by atoms with Gasteiger partial charge in [0.05, 0.1) is 24.7 Å². The number of aromatic nitrogens is 5. The molecule has 0 saturated heterocycles. The van der Waals surface area contributed by atoms with Gasteiger partial charge in [0.2, 0.25) is 5.88 Å². The van der Waals surface area contributed by atoms with Gasteiger partial charge < -0.3 is 10.1 Å². The fraction of sp³-hybridized carbons (Fsp3) is 0.278. The first kappa shape index (κ1) is 17.5. The third-order valence-corrected chi connectivity index (χ3v) is 3.44. The Morgan fingerprint density at radius 1 is 1.23 bits per heavy atom. The fourth-order valence-corrected chi connectivity index (χ4v) is 2.33. The molecule has 0 unspecified atom stereocenters. The second-order valence-electron chi connectivity index (χ2n) is 6.70. The molecule has 0 fully saturated rings. The van der Waals surface area contributed by atoms with E-state index in [1.54, 1.807) is 42.4 Å². The van der Waals surface area contributed by atoms with E-state index in [1.807, 2.05) is 32.9 Å². The van der Waals surface area contributed by atoms with Crippen molar-refractivity contribution in [2.75, 3.05) is 7.11 Å². The monoisotopic (exact) mass is 352 g/mol. The molecule has 134 valence electrons. The van der Waals surface area contributed by atoms with Crippen LogP contribution in [0.1, 0.15) is 31.3 Å². The normalized spacial score (nSPS) is 11.2. The van der Waals surface area contributed by atoms with Gasteiger partial charge in [-0.25, -0.2) is 9.67 Å². The first-order valence-corrected chi connectivity index (χ1v) is 8.08. The van der Waals surface area contributed by atoms with Crippen LogP contribution in [0.25, 0.3) is 17.1 Å². The molecule has 8 nitrogen and oxygen atoms in total. The SMILES string of the molecule is COc1ccc(-n2nc(C(=O)NC(C)(C)C)cc2-c2cccnn2)cn1. The Balaban J connectivity index is 2.07. The van der Waals surface area contributed by atoms with Gasteiger partial charge in [0, 0.05) is 17.8 Å². The molecule has 0 saturated carbocycles. The zero-order chi connectivity index (χ0) is 18.7. The molecular formula is C18H20N6O2. The standard InChI is InChI=1S/C18H20N6O2/c1-18(2,3)21-17(25)14-10-15(13-6-5-9-20-22-13)24(23-14)12-7-8-16(26-4)19-11-12/h5-11H,1-4H3,(H,21,25). The molecule has 0 spiro atoms. The summed E-state index contributed by atoms with van der Waals surface area (Å²) in [5.74, 6) is 0.232. The Morgan fingerprint density at radius 2 is 2.04 bits per heavy atom. The lowest BCUT2D eigenvalue weighted by molar-refractivity contribution is 0.0914. The summed E-state index contributed by atoms with van der Waals surface area (Å²) >= 11 is 0. The van der Waals surface area contributed by atoms with Crippen molar-refractivity contribution in [3.8, 4) is 23.0 Å². The minimum atomic E-state index is -0.366. The van der Waals surface area contributed by atoms with E-state index in [4.69, 9.17) is 4.74 Å². The van der Waals surface area contributed by atoms with Gasteiger partial charge in [-0.15, -0.1) is 5.10 Å². The van der Waals surface area contributed by atoms with Crippen LogP contribution in [0, 0.1) is 0 Å². The average molecular weight is 352 g/mol. The highest BCUT2D eigenvalue weighted by Gasteiger charge is 2.21.